The molecular weight excluding hydrogens is 235 g/mol. The van der Waals surface area contributed by atoms with Crippen LogP contribution in [-0.2, 0) is 22.9 Å². The highest BCUT2D eigenvalue weighted by Gasteiger charge is 2.26. The van der Waals surface area contributed by atoms with Gasteiger partial charge in [-0.15, -0.1) is 0 Å². The molecule has 1 nitrogen and oxygen atoms in total. The van der Waals surface area contributed by atoms with E-state index in [0.717, 1.165) is 0 Å². The summed E-state index contributed by atoms with van der Waals surface area (Å²) in [5.41, 5.74) is 2.11. The molecule has 1 aromatic carbocycles. The molecule has 0 spiro atoms. The van der Waals surface area contributed by atoms with Crippen molar-refractivity contribution in [3.05, 3.63) is 35.9 Å². The third-order valence-electron chi connectivity index (χ3n) is 2.72. The average Bonchev–Trinajstić information content (AvgIpc) is 2.26. The Bertz CT molecular complexity index is 347. The van der Waals surface area contributed by atoms with Gasteiger partial charge in [0.05, 0.1) is 12.9 Å². The van der Waals surface area contributed by atoms with Gasteiger partial charge in [-0.05, 0) is 5.56 Å². The maximum absolute atomic E-state index is 6.06. The molecule has 90 valence electrons. The zero-order valence-electron chi connectivity index (χ0n) is 10.5. The summed E-state index contributed by atoms with van der Waals surface area (Å²) >= 11 is 5.74. The smallest absolute Gasteiger partial charge is 0.0769 e. The first-order valence-corrected chi connectivity index (χ1v) is 8.60. The van der Waals surface area contributed by atoms with E-state index in [9.17, 15) is 0 Å². The average molecular weight is 256 g/mol. The minimum atomic E-state index is -1.70. The van der Waals surface area contributed by atoms with Crippen LogP contribution in [0.25, 0.3) is 0 Å². The number of hydrogen-bond donors (Lipinski definition) is 0. The highest BCUT2D eigenvalue weighted by atomic mass is 32.4. The van der Waals surface area contributed by atoms with E-state index in [-0.39, 0.29) is 0 Å². The maximum Gasteiger partial charge on any atom is 0.0769 e. The lowest BCUT2D eigenvalue weighted by molar-refractivity contribution is 0.332. The van der Waals surface area contributed by atoms with Gasteiger partial charge in [0.15, 0.2) is 0 Å². The lowest BCUT2D eigenvalue weighted by atomic mass is 10.2. The Morgan fingerprint density at radius 2 is 1.56 bits per heavy atom. The molecule has 0 saturated heterocycles. The highest BCUT2D eigenvalue weighted by Crippen LogP contribution is 2.56. The topological polar surface area (TPSA) is 9.23 Å². The largest absolute Gasteiger partial charge is 0.346 e. The van der Waals surface area contributed by atoms with Gasteiger partial charge in [0.2, 0.25) is 0 Å². The summed E-state index contributed by atoms with van der Waals surface area (Å²) in [4.78, 5) is 0. The van der Waals surface area contributed by atoms with Gasteiger partial charge < -0.3 is 4.52 Å². The number of benzene rings is 1. The van der Waals surface area contributed by atoms with E-state index in [0.29, 0.717) is 17.9 Å². The van der Waals surface area contributed by atoms with Gasteiger partial charge in [-0.25, -0.2) is 0 Å². The van der Waals surface area contributed by atoms with E-state index in [1.165, 1.54) is 5.56 Å². The summed E-state index contributed by atoms with van der Waals surface area (Å²) in [6, 6.07) is 10.3. The Labute approximate surface area is 104 Å². The molecule has 0 atom stereocenters. The first kappa shape index (κ1) is 13.9. The Balaban J connectivity index is 2.69. The van der Waals surface area contributed by atoms with Crippen molar-refractivity contribution in [2.24, 2.45) is 0 Å². The molecule has 0 aliphatic carbocycles. The minimum absolute atomic E-state index is 0.450. The summed E-state index contributed by atoms with van der Waals surface area (Å²) in [6.45, 7) is 9.34. The fourth-order valence-corrected chi connectivity index (χ4v) is 3.94. The summed E-state index contributed by atoms with van der Waals surface area (Å²) in [6.07, 6.45) is -1.70. The van der Waals surface area contributed by atoms with Gasteiger partial charge in [-0.3, -0.25) is 0 Å². The monoisotopic (exact) mass is 256 g/mol. The van der Waals surface area contributed by atoms with Gasteiger partial charge in [0.1, 0.15) is 0 Å². The Morgan fingerprint density at radius 3 is 2.00 bits per heavy atom. The predicted octanol–water partition coefficient (Wildman–Crippen LogP) is 4.41. The van der Waals surface area contributed by atoms with Crippen molar-refractivity contribution in [2.45, 2.75) is 45.6 Å². The van der Waals surface area contributed by atoms with Crippen LogP contribution in [0.5, 0.6) is 0 Å². The van der Waals surface area contributed by atoms with E-state index in [1.54, 1.807) is 0 Å². The van der Waals surface area contributed by atoms with Crippen molar-refractivity contribution in [2.75, 3.05) is 0 Å². The van der Waals surface area contributed by atoms with Crippen LogP contribution < -0.4 is 0 Å². The second-order valence-electron chi connectivity index (χ2n) is 4.59. The molecule has 0 radical (unpaired) electrons. The highest BCUT2D eigenvalue weighted by molar-refractivity contribution is 8.12. The lowest BCUT2D eigenvalue weighted by Crippen LogP contribution is -2.11. The van der Waals surface area contributed by atoms with Gasteiger partial charge in [-0.2, -0.15) is 0 Å². The lowest BCUT2D eigenvalue weighted by Gasteiger charge is -2.30. The first-order valence-electron chi connectivity index (χ1n) is 5.74. The van der Waals surface area contributed by atoms with Crippen molar-refractivity contribution < 1.29 is 4.52 Å². The second-order valence-corrected chi connectivity index (χ2v) is 9.92. The number of rotatable bonds is 5. The third-order valence-corrected chi connectivity index (χ3v) is 8.97. The number of hydrogen-bond acceptors (Lipinski definition) is 2. The molecule has 0 amide bonds. The van der Waals surface area contributed by atoms with Crippen LogP contribution in [0.3, 0.4) is 0 Å². The quantitative estimate of drug-likeness (QED) is 0.721. The van der Waals surface area contributed by atoms with Crippen LogP contribution >= 0.6 is 6.26 Å². The Hall–Kier alpha value is -0.170. The van der Waals surface area contributed by atoms with Crippen LogP contribution in [-0.4, -0.2) is 11.3 Å². The fourth-order valence-electron chi connectivity index (χ4n) is 1.64. The van der Waals surface area contributed by atoms with Gasteiger partial charge >= 0.3 is 0 Å². The Kier molecular flexibility index (Phi) is 5.17. The Morgan fingerprint density at radius 1 is 1.06 bits per heavy atom. The van der Waals surface area contributed by atoms with Crippen LogP contribution in [0.1, 0.15) is 33.3 Å². The molecule has 0 aromatic heterocycles. The molecule has 1 aromatic rings. The van der Waals surface area contributed by atoms with Crippen molar-refractivity contribution in [1.29, 1.82) is 0 Å². The third kappa shape index (κ3) is 3.41. The van der Waals surface area contributed by atoms with Crippen molar-refractivity contribution in [1.82, 2.24) is 0 Å². The molecule has 16 heavy (non-hydrogen) atoms. The molecule has 0 heterocycles. The summed E-state index contributed by atoms with van der Waals surface area (Å²) in [7, 11) is 0. The van der Waals surface area contributed by atoms with E-state index >= 15 is 0 Å². The van der Waals surface area contributed by atoms with Crippen molar-refractivity contribution in [3.63, 3.8) is 0 Å². The minimum Gasteiger partial charge on any atom is -0.346 e. The fraction of sp³-hybridized carbons (Fsp3) is 0.538. The summed E-state index contributed by atoms with van der Waals surface area (Å²) in [5.74, 6) is 0. The van der Waals surface area contributed by atoms with E-state index in [1.807, 2.05) is 18.2 Å². The molecule has 0 fully saturated rings. The molecule has 0 saturated carbocycles. The van der Waals surface area contributed by atoms with E-state index in [4.69, 9.17) is 16.3 Å². The van der Waals surface area contributed by atoms with Crippen LogP contribution in [0, 0.1) is 0 Å². The summed E-state index contributed by atoms with van der Waals surface area (Å²) < 4.78 is 6.06. The SMILES string of the molecule is CC(C)P(=S)(OCc1ccccc1)C(C)C. The van der Waals surface area contributed by atoms with Crippen LogP contribution in [0.4, 0.5) is 0 Å². The molecule has 3 heteroatoms. The van der Waals surface area contributed by atoms with Crippen molar-refractivity contribution in [3.8, 4) is 0 Å². The zero-order chi connectivity index (χ0) is 12.2. The van der Waals surface area contributed by atoms with Crippen LogP contribution in [0.2, 0.25) is 0 Å². The predicted molar refractivity (Wildman–Crippen MR) is 75.8 cm³/mol. The molecule has 0 aliphatic rings. The molecule has 0 N–H and O–H groups in total. The van der Waals surface area contributed by atoms with Crippen LogP contribution in [0.15, 0.2) is 30.3 Å². The molecular formula is C13H21OPS. The molecule has 0 unspecified atom stereocenters. The maximum atomic E-state index is 6.06. The standard InChI is InChI=1S/C13H21OPS/c1-11(2)15(16,12(3)4)14-10-13-8-6-5-7-9-13/h5-9,11-12H,10H2,1-4H3. The van der Waals surface area contributed by atoms with Gasteiger partial charge in [-0.1, -0.05) is 69.8 Å². The van der Waals surface area contributed by atoms with E-state index in [2.05, 4.69) is 39.8 Å². The molecule has 1 rings (SSSR count). The van der Waals surface area contributed by atoms with E-state index < -0.39 is 6.26 Å². The normalized spacial score (nSPS) is 12.4. The first-order chi connectivity index (χ1) is 7.47. The summed E-state index contributed by atoms with van der Waals surface area (Å²) in [5, 5.41) is 0. The van der Waals surface area contributed by atoms with Gasteiger partial charge in [0.25, 0.3) is 0 Å². The zero-order valence-corrected chi connectivity index (χ0v) is 12.2. The van der Waals surface area contributed by atoms with Crippen molar-refractivity contribution >= 4 is 18.1 Å². The second kappa shape index (κ2) is 5.95. The molecule has 0 bridgehead atoms. The molecule has 0 aliphatic heterocycles. The van der Waals surface area contributed by atoms with Gasteiger partial charge in [0, 0.05) is 11.3 Å².